The Balaban J connectivity index is 3.47. The highest BCUT2D eigenvalue weighted by Gasteiger charge is 2.15. The second kappa shape index (κ2) is 21.0. The van der Waals surface area contributed by atoms with E-state index < -0.39 is 11.8 Å². The number of unbranched alkanes of at least 4 members (excludes halogenated alkanes) is 11. The van der Waals surface area contributed by atoms with Crippen molar-refractivity contribution in [2.45, 2.75) is 103 Å². The number of carbonyl (C=O) groups excluding carboxylic acids is 1. The maximum atomic E-state index is 11.8. The van der Waals surface area contributed by atoms with Gasteiger partial charge in [-0.2, -0.15) is 0 Å². The molecule has 0 aliphatic carbocycles. The molecule has 2 atom stereocenters. The van der Waals surface area contributed by atoms with Crippen molar-refractivity contribution >= 4 is 35.7 Å². The molecule has 0 saturated carbocycles. The molecular formula is C22H43O5PS2. The number of rotatable bonds is 21. The topological polar surface area (TPSA) is 65.0 Å². The van der Waals surface area contributed by atoms with Crippen LogP contribution in [0, 0.1) is 0 Å². The summed E-state index contributed by atoms with van der Waals surface area (Å²) in [5, 5.41) is 0. The smallest absolute Gasteiger partial charge is 0.305 e. The number of methoxy groups -OCH3 is 1. The van der Waals surface area contributed by atoms with Crippen molar-refractivity contribution in [3.05, 3.63) is 12.2 Å². The summed E-state index contributed by atoms with van der Waals surface area (Å²) in [6.45, 7) is 2.39. The Bertz CT molecular complexity index is 482. The Morgan fingerprint density at radius 2 is 1.50 bits per heavy atom. The van der Waals surface area contributed by atoms with Gasteiger partial charge in [-0.3, -0.25) is 4.79 Å². The molecule has 0 radical (unpaired) electrons. The number of hydrogen-bond donors (Lipinski definition) is 2. The molecule has 0 rings (SSSR count). The Morgan fingerprint density at radius 3 is 2.03 bits per heavy atom. The van der Waals surface area contributed by atoms with Crippen LogP contribution in [0.15, 0.2) is 12.2 Å². The first-order chi connectivity index (χ1) is 14.4. The zero-order chi connectivity index (χ0) is 22.5. The molecule has 178 valence electrons. The number of carbonyl (C=O) groups is 1. The summed E-state index contributed by atoms with van der Waals surface area (Å²) in [7, 11) is 1.49. The van der Waals surface area contributed by atoms with Crippen molar-refractivity contribution in [1.82, 2.24) is 0 Å². The molecule has 0 aliphatic rings. The summed E-state index contributed by atoms with van der Waals surface area (Å²) >= 11 is 8.46. The van der Waals surface area contributed by atoms with Crippen molar-refractivity contribution in [1.29, 1.82) is 0 Å². The molecule has 0 amide bonds. The highest BCUT2D eigenvalue weighted by molar-refractivity contribution is 8.59. The zero-order valence-electron chi connectivity index (χ0n) is 18.9. The normalized spacial score (nSPS) is 14.7. The van der Waals surface area contributed by atoms with Gasteiger partial charge in [-0.05, 0) is 43.9 Å². The van der Waals surface area contributed by atoms with E-state index in [0.29, 0.717) is 6.42 Å². The molecule has 0 spiro atoms. The van der Waals surface area contributed by atoms with Crippen molar-refractivity contribution in [2.24, 2.45) is 0 Å². The maximum absolute atomic E-state index is 11.8. The van der Waals surface area contributed by atoms with Crippen LogP contribution in [0.2, 0.25) is 0 Å². The fourth-order valence-electron chi connectivity index (χ4n) is 2.96. The average molecular weight is 483 g/mol. The minimum absolute atomic E-state index is 0.0501. The highest BCUT2D eigenvalue weighted by Crippen LogP contribution is 2.47. The van der Waals surface area contributed by atoms with Crippen LogP contribution in [-0.2, 0) is 30.6 Å². The first kappa shape index (κ1) is 30.1. The summed E-state index contributed by atoms with van der Waals surface area (Å²) in [5.74, 6) is -0.232. The largest absolute Gasteiger partial charge is 0.463 e. The number of esters is 1. The van der Waals surface area contributed by atoms with Gasteiger partial charge in [-0.1, -0.05) is 82.7 Å². The van der Waals surface area contributed by atoms with E-state index in [9.17, 15) is 9.69 Å². The van der Waals surface area contributed by atoms with Crippen LogP contribution >= 0.6 is 17.9 Å². The molecule has 30 heavy (non-hydrogen) atoms. The molecule has 5 nitrogen and oxygen atoms in total. The Kier molecular flexibility index (Phi) is 21.0. The number of allylic oxidation sites excluding steroid dienone is 2. The number of hydrogen-bond acceptors (Lipinski definition) is 5. The Hall–Kier alpha value is 0.0900. The van der Waals surface area contributed by atoms with Crippen LogP contribution in [0.25, 0.3) is 0 Å². The van der Waals surface area contributed by atoms with Gasteiger partial charge in [-0.15, -0.1) is 0 Å². The summed E-state index contributed by atoms with van der Waals surface area (Å²) in [6.07, 6.45) is 20.6. The van der Waals surface area contributed by atoms with E-state index in [1.54, 1.807) is 0 Å². The molecule has 0 bridgehead atoms. The molecule has 1 N–H and O–H groups in total. The summed E-state index contributed by atoms with van der Waals surface area (Å²) in [4.78, 5) is 21.1. The Labute approximate surface area is 194 Å². The van der Waals surface area contributed by atoms with E-state index in [-0.39, 0.29) is 19.2 Å². The van der Waals surface area contributed by atoms with Crippen LogP contribution in [0.3, 0.4) is 0 Å². The lowest BCUT2D eigenvalue weighted by atomic mass is 10.1. The van der Waals surface area contributed by atoms with Crippen molar-refractivity contribution in [3.8, 4) is 0 Å². The fraction of sp³-hybridized carbons (Fsp3) is 0.864. The van der Waals surface area contributed by atoms with Crippen molar-refractivity contribution in [2.75, 3.05) is 20.3 Å². The van der Waals surface area contributed by atoms with E-state index in [2.05, 4.69) is 43.1 Å². The van der Waals surface area contributed by atoms with Crippen molar-refractivity contribution < 1.29 is 23.7 Å². The first-order valence-electron chi connectivity index (χ1n) is 11.4. The molecule has 0 aliphatic heterocycles. The third-order valence-electron chi connectivity index (χ3n) is 4.83. The predicted molar refractivity (Wildman–Crippen MR) is 133 cm³/mol. The van der Waals surface area contributed by atoms with Crippen LogP contribution < -0.4 is 0 Å². The Morgan fingerprint density at radius 1 is 0.967 bits per heavy atom. The van der Waals surface area contributed by atoms with Gasteiger partial charge in [0.1, 0.15) is 12.7 Å². The van der Waals surface area contributed by atoms with Gasteiger partial charge < -0.3 is 18.9 Å². The molecule has 0 aromatic rings. The molecule has 0 aromatic carbocycles. The zero-order valence-corrected chi connectivity index (χ0v) is 21.5. The van der Waals surface area contributed by atoms with Gasteiger partial charge in [-0.25, -0.2) is 0 Å². The first-order valence-corrected chi connectivity index (χ1v) is 15.2. The lowest BCUT2D eigenvalue weighted by Gasteiger charge is -2.17. The molecule has 0 saturated heterocycles. The van der Waals surface area contributed by atoms with Crippen LogP contribution in [0.4, 0.5) is 0 Å². The van der Waals surface area contributed by atoms with Gasteiger partial charge in [0.15, 0.2) is 0 Å². The summed E-state index contributed by atoms with van der Waals surface area (Å²) in [5.41, 5.74) is -3.02. The lowest BCUT2D eigenvalue weighted by molar-refractivity contribution is -0.148. The molecule has 0 fully saturated rings. The minimum Gasteiger partial charge on any atom is -0.463 e. The standard InChI is InChI=1S/C22H43O5PS2/c1-3-4-5-6-7-8-9-10-11-12-13-14-15-16-17-18-22(23)26-19-21(25-2)20-27-28(24,29)30/h10-11,21H,3-9,12-20H2,1-2H3,(H2,24,29,30)/b11-10-. The second-order valence-corrected chi connectivity index (χ2v) is 12.8. The number of ether oxygens (including phenoxy) is 2. The number of thiol groups is 1. The van der Waals surface area contributed by atoms with E-state index in [4.69, 9.17) is 14.0 Å². The van der Waals surface area contributed by atoms with Crippen LogP contribution in [0.5, 0.6) is 0 Å². The quantitative estimate of drug-likeness (QED) is 0.0620. The van der Waals surface area contributed by atoms with Gasteiger partial charge in [0.2, 0.25) is 5.69 Å². The van der Waals surface area contributed by atoms with Gasteiger partial charge in [0.25, 0.3) is 0 Å². The molecule has 0 aromatic heterocycles. The van der Waals surface area contributed by atoms with Gasteiger partial charge in [0, 0.05) is 13.5 Å². The summed E-state index contributed by atoms with van der Waals surface area (Å²) < 4.78 is 15.4. The van der Waals surface area contributed by atoms with E-state index >= 15 is 0 Å². The maximum Gasteiger partial charge on any atom is 0.305 e. The second-order valence-electron chi connectivity index (χ2n) is 7.66. The van der Waals surface area contributed by atoms with Crippen LogP contribution in [0.1, 0.15) is 96.8 Å². The third-order valence-corrected chi connectivity index (χ3v) is 5.98. The molecular weight excluding hydrogens is 439 g/mol. The average Bonchev–Trinajstić information content (AvgIpc) is 2.70. The lowest BCUT2D eigenvalue weighted by Crippen LogP contribution is -2.25. The predicted octanol–water partition coefficient (Wildman–Crippen LogP) is 6.75. The molecule has 8 heteroatoms. The fourth-order valence-corrected chi connectivity index (χ4v) is 3.71. The van der Waals surface area contributed by atoms with E-state index in [0.717, 1.165) is 25.7 Å². The van der Waals surface area contributed by atoms with Gasteiger partial charge in [0.05, 0.1) is 6.61 Å². The van der Waals surface area contributed by atoms with Crippen molar-refractivity contribution in [3.63, 3.8) is 0 Å². The van der Waals surface area contributed by atoms with E-state index in [1.807, 2.05) is 0 Å². The van der Waals surface area contributed by atoms with Gasteiger partial charge >= 0.3 is 5.97 Å². The monoisotopic (exact) mass is 482 g/mol. The van der Waals surface area contributed by atoms with Crippen LogP contribution in [-0.4, -0.2) is 37.3 Å². The SMILES string of the molecule is CCCCCCCC/C=C\CCCCCCCC(=O)OCC(COP(O)(=S)S)OC. The minimum atomic E-state index is -3.02. The highest BCUT2D eigenvalue weighted by atomic mass is 32.9. The molecule has 0 heterocycles. The van der Waals surface area contributed by atoms with E-state index in [1.165, 1.54) is 64.9 Å². The molecule has 2 unspecified atom stereocenters. The third kappa shape index (κ3) is 22.8. The summed E-state index contributed by atoms with van der Waals surface area (Å²) in [6, 6.07) is 0.